The predicted molar refractivity (Wildman–Crippen MR) is 98.8 cm³/mol. The molecule has 0 saturated carbocycles. The molecule has 0 aliphatic carbocycles. The van der Waals surface area contributed by atoms with Gasteiger partial charge in [-0.15, -0.1) is 0 Å². The summed E-state index contributed by atoms with van der Waals surface area (Å²) in [5.74, 6) is 0. The summed E-state index contributed by atoms with van der Waals surface area (Å²) in [5.41, 5.74) is 6.69. The summed E-state index contributed by atoms with van der Waals surface area (Å²) >= 11 is 0. The molecule has 124 valence electrons. The van der Waals surface area contributed by atoms with Gasteiger partial charge in [-0.3, -0.25) is 0 Å². The van der Waals surface area contributed by atoms with E-state index in [0.29, 0.717) is 0 Å². The van der Waals surface area contributed by atoms with Crippen LogP contribution in [0, 0.1) is 6.92 Å². The van der Waals surface area contributed by atoms with Crippen LogP contribution >= 0.6 is 0 Å². The summed E-state index contributed by atoms with van der Waals surface area (Å²) in [5, 5.41) is 0. The first-order valence-corrected chi connectivity index (χ1v) is 8.36. The summed E-state index contributed by atoms with van der Waals surface area (Å²) < 4.78 is 13.9. The van der Waals surface area contributed by atoms with Crippen molar-refractivity contribution in [1.82, 2.24) is 0 Å². The van der Waals surface area contributed by atoms with Crippen LogP contribution in [0.5, 0.6) is 0 Å². The second-order valence-corrected chi connectivity index (χ2v) is 8.44. The average molecular weight is 312 g/mol. The second kappa shape index (κ2) is 6.11. The fourth-order valence-corrected chi connectivity index (χ4v) is 3.43. The van der Waals surface area contributed by atoms with Gasteiger partial charge in [0.1, 0.15) is 6.67 Å². The molecule has 0 N–H and O–H groups in total. The molecule has 0 aliphatic heterocycles. The van der Waals surface area contributed by atoms with Gasteiger partial charge in [-0.25, -0.2) is 4.39 Å². The third-order valence-corrected chi connectivity index (χ3v) is 4.55. The van der Waals surface area contributed by atoms with Gasteiger partial charge >= 0.3 is 0 Å². The van der Waals surface area contributed by atoms with Crippen molar-refractivity contribution in [2.24, 2.45) is 0 Å². The Kier molecular flexibility index (Phi) is 4.71. The van der Waals surface area contributed by atoms with E-state index in [4.69, 9.17) is 0 Å². The minimum Gasteiger partial charge on any atom is -0.246 e. The lowest BCUT2D eigenvalue weighted by Crippen LogP contribution is -2.15. The van der Waals surface area contributed by atoms with E-state index in [2.05, 4.69) is 84.9 Å². The van der Waals surface area contributed by atoms with Crippen molar-refractivity contribution >= 4 is 0 Å². The third kappa shape index (κ3) is 3.49. The molecule has 0 nitrogen and oxygen atoms in total. The zero-order chi connectivity index (χ0) is 17.4. The maximum absolute atomic E-state index is 13.9. The van der Waals surface area contributed by atoms with E-state index in [1.807, 2.05) is 0 Å². The Morgan fingerprint density at radius 3 is 1.70 bits per heavy atom. The molecule has 0 heterocycles. The molecule has 0 aromatic heterocycles. The molecule has 0 spiro atoms. The maximum Gasteiger partial charge on any atom is 0.115 e. The lowest BCUT2D eigenvalue weighted by atomic mass is 9.78. The van der Waals surface area contributed by atoms with Gasteiger partial charge in [-0.2, -0.15) is 0 Å². The molecule has 0 atom stereocenters. The highest BCUT2D eigenvalue weighted by Crippen LogP contribution is 2.37. The third-order valence-electron chi connectivity index (χ3n) is 4.55. The number of rotatable bonds is 2. The van der Waals surface area contributed by atoms with Crippen molar-refractivity contribution in [1.29, 1.82) is 0 Å². The number of hydrogen-bond donors (Lipinski definition) is 0. The van der Waals surface area contributed by atoms with E-state index < -0.39 is 6.67 Å². The first-order valence-electron chi connectivity index (χ1n) is 8.36. The Balaban J connectivity index is 2.74. The molecule has 0 unspecified atom stereocenters. The van der Waals surface area contributed by atoms with Crippen LogP contribution in [-0.4, -0.2) is 0 Å². The van der Waals surface area contributed by atoms with Crippen LogP contribution in [0.4, 0.5) is 4.39 Å². The topological polar surface area (TPSA) is 0 Å². The predicted octanol–water partition coefficient (Wildman–Crippen LogP) is 6.73. The molecular formula is C22H29F. The highest BCUT2D eigenvalue weighted by molar-refractivity contribution is 5.73. The zero-order valence-electron chi connectivity index (χ0n) is 15.5. The van der Waals surface area contributed by atoms with E-state index in [1.165, 1.54) is 11.1 Å². The average Bonchev–Trinajstić information content (AvgIpc) is 2.44. The van der Waals surface area contributed by atoms with Crippen molar-refractivity contribution in [3.8, 4) is 11.1 Å². The van der Waals surface area contributed by atoms with Gasteiger partial charge in [-0.1, -0.05) is 77.9 Å². The highest BCUT2D eigenvalue weighted by atomic mass is 19.1. The fraction of sp³-hybridized carbons (Fsp3) is 0.455. The molecule has 0 fully saturated rings. The first-order chi connectivity index (χ1) is 10.6. The quantitative estimate of drug-likeness (QED) is 0.577. The van der Waals surface area contributed by atoms with Crippen LogP contribution in [-0.2, 0) is 17.5 Å². The molecule has 23 heavy (non-hydrogen) atoms. The van der Waals surface area contributed by atoms with Crippen LogP contribution in [0.2, 0.25) is 0 Å². The van der Waals surface area contributed by atoms with Gasteiger partial charge in [0.15, 0.2) is 0 Å². The molecule has 0 bridgehead atoms. The van der Waals surface area contributed by atoms with E-state index in [1.54, 1.807) is 0 Å². The van der Waals surface area contributed by atoms with Crippen molar-refractivity contribution in [2.75, 3.05) is 0 Å². The van der Waals surface area contributed by atoms with E-state index in [9.17, 15) is 4.39 Å². The first kappa shape index (κ1) is 17.7. The fourth-order valence-electron chi connectivity index (χ4n) is 3.43. The number of alkyl halides is 1. The van der Waals surface area contributed by atoms with Crippen molar-refractivity contribution < 1.29 is 4.39 Å². The summed E-state index contributed by atoms with van der Waals surface area (Å²) in [6.45, 7) is 14.8. The van der Waals surface area contributed by atoms with Crippen LogP contribution in [0.15, 0.2) is 36.4 Å². The summed E-state index contributed by atoms with van der Waals surface area (Å²) in [6, 6.07) is 12.6. The number of halogens is 1. The minimum atomic E-state index is -0.429. The molecule has 0 radical (unpaired) electrons. The molecular weight excluding hydrogens is 283 g/mol. The van der Waals surface area contributed by atoms with E-state index in [0.717, 1.165) is 22.3 Å². The molecule has 0 saturated heterocycles. The van der Waals surface area contributed by atoms with Crippen molar-refractivity contribution in [3.05, 3.63) is 58.7 Å². The lowest BCUT2D eigenvalue weighted by Gasteiger charge is -2.26. The van der Waals surface area contributed by atoms with Crippen molar-refractivity contribution in [3.63, 3.8) is 0 Å². The summed E-state index contributed by atoms with van der Waals surface area (Å²) in [4.78, 5) is 0. The largest absolute Gasteiger partial charge is 0.246 e. The molecule has 2 aromatic carbocycles. The SMILES string of the molecule is Cc1c(-c2cccc(C(C)(C)C)c2CF)cccc1C(C)(C)C. The molecule has 0 aliphatic rings. The molecule has 2 rings (SSSR count). The minimum absolute atomic E-state index is 0.0625. The van der Waals surface area contributed by atoms with Gasteiger partial charge in [-0.05, 0) is 51.1 Å². The second-order valence-electron chi connectivity index (χ2n) is 8.44. The van der Waals surface area contributed by atoms with Crippen LogP contribution in [0.25, 0.3) is 11.1 Å². The standard InChI is InChI=1S/C22H29F/c1-15-16(10-8-12-19(15)21(2,3)4)17-11-9-13-20(18(17)14-23)22(5,6)7/h8-13H,14H2,1-7H3. The van der Waals surface area contributed by atoms with Gasteiger partial charge in [0, 0.05) is 0 Å². The van der Waals surface area contributed by atoms with Gasteiger partial charge < -0.3 is 0 Å². The monoisotopic (exact) mass is 312 g/mol. The Morgan fingerprint density at radius 2 is 1.22 bits per heavy atom. The number of hydrogen-bond acceptors (Lipinski definition) is 0. The molecule has 0 amide bonds. The van der Waals surface area contributed by atoms with Crippen LogP contribution in [0.1, 0.15) is 63.8 Å². The Labute approximate surface area is 140 Å². The molecule has 1 heteroatoms. The van der Waals surface area contributed by atoms with Gasteiger partial charge in [0.25, 0.3) is 0 Å². The Morgan fingerprint density at radius 1 is 0.739 bits per heavy atom. The van der Waals surface area contributed by atoms with E-state index >= 15 is 0 Å². The smallest absolute Gasteiger partial charge is 0.115 e. The normalized spacial score (nSPS) is 12.5. The highest BCUT2D eigenvalue weighted by Gasteiger charge is 2.23. The van der Waals surface area contributed by atoms with Gasteiger partial charge in [0.05, 0.1) is 0 Å². The maximum atomic E-state index is 13.9. The Hall–Kier alpha value is -1.63. The summed E-state index contributed by atoms with van der Waals surface area (Å²) in [7, 11) is 0. The van der Waals surface area contributed by atoms with Crippen molar-refractivity contribution in [2.45, 2.75) is 66.0 Å². The lowest BCUT2D eigenvalue weighted by molar-refractivity contribution is 0.471. The number of benzene rings is 2. The van der Waals surface area contributed by atoms with Gasteiger partial charge in [0.2, 0.25) is 0 Å². The van der Waals surface area contributed by atoms with E-state index in [-0.39, 0.29) is 10.8 Å². The molecule has 2 aromatic rings. The Bertz CT molecular complexity index is 697. The zero-order valence-corrected chi connectivity index (χ0v) is 15.5. The van der Waals surface area contributed by atoms with Crippen LogP contribution in [0.3, 0.4) is 0 Å². The van der Waals surface area contributed by atoms with Crippen LogP contribution < -0.4 is 0 Å². The summed E-state index contributed by atoms with van der Waals surface area (Å²) in [6.07, 6.45) is 0.